The third-order valence-electron chi connectivity index (χ3n) is 4.06. The van der Waals surface area contributed by atoms with Crippen LogP contribution in [0.15, 0.2) is 54.6 Å². The van der Waals surface area contributed by atoms with Crippen molar-refractivity contribution in [3.8, 4) is 0 Å². The second kappa shape index (κ2) is 11.7. The Hall–Kier alpha value is -2.93. The largest absolute Gasteiger partial charge is 0.374 e. The molecule has 0 radical (unpaired) electrons. The highest BCUT2D eigenvalue weighted by atomic mass is 19.1. The molecule has 3 amide bonds. The fourth-order valence-electron chi connectivity index (χ4n) is 2.45. The topological polar surface area (TPSA) is 79.5 Å². The van der Waals surface area contributed by atoms with Gasteiger partial charge in [-0.15, -0.1) is 0 Å². The first-order chi connectivity index (χ1) is 13.5. The molecule has 0 aliphatic heterocycles. The number of amides is 3. The van der Waals surface area contributed by atoms with Crippen LogP contribution in [0.2, 0.25) is 0 Å². The first-order valence-electron chi connectivity index (χ1n) is 9.24. The van der Waals surface area contributed by atoms with Gasteiger partial charge in [-0.05, 0) is 36.6 Å². The lowest BCUT2D eigenvalue weighted by Crippen LogP contribution is -2.42. The van der Waals surface area contributed by atoms with Gasteiger partial charge in [0.15, 0.2) is 0 Å². The first kappa shape index (κ1) is 21.4. The van der Waals surface area contributed by atoms with Gasteiger partial charge in [-0.3, -0.25) is 4.79 Å². The van der Waals surface area contributed by atoms with E-state index < -0.39 is 6.03 Å². The SMILES string of the molecule is CC(OCCCNC(=O)CNC(=O)NCc1ccc(F)cc1)c1ccccc1. The summed E-state index contributed by atoms with van der Waals surface area (Å²) in [6.45, 7) is 3.13. The predicted molar refractivity (Wildman–Crippen MR) is 105 cm³/mol. The van der Waals surface area contributed by atoms with Crippen molar-refractivity contribution in [3.05, 3.63) is 71.5 Å². The van der Waals surface area contributed by atoms with Crippen LogP contribution in [-0.4, -0.2) is 31.6 Å². The number of urea groups is 1. The Morgan fingerprint density at radius 1 is 1.00 bits per heavy atom. The minimum atomic E-state index is -0.459. The minimum absolute atomic E-state index is 0.00312. The van der Waals surface area contributed by atoms with Gasteiger partial charge in [-0.25, -0.2) is 9.18 Å². The van der Waals surface area contributed by atoms with E-state index in [9.17, 15) is 14.0 Å². The molecule has 150 valence electrons. The quantitative estimate of drug-likeness (QED) is 0.549. The number of hydrogen-bond acceptors (Lipinski definition) is 3. The van der Waals surface area contributed by atoms with Crippen molar-refractivity contribution in [2.45, 2.75) is 26.0 Å². The zero-order valence-electron chi connectivity index (χ0n) is 15.9. The van der Waals surface area contributed by atoms with E-state index in [2.05, 4.69) is 16.0 Å². The molecule has 0 saturated carbocycles. The molecule has 1 unspecified atom stereocenters. The van der Waals surface area contributed by atoms with Crippen LogP contribution in [-0.2, 0) is 16.1 Å². The third kappa shape index (κ3) is 8.18. The molecule has 0 saturated heterocycles. The second-order valence-corrected chi connectivity index (χ2v) is 6.29. The number of carbonyl (C=O) groups excluding carboxylic acids is 2. The number of carbonyl (C=O) groups is 2. The third-order valence-corrected chi connectivity index (χ3v) is 4.06. The molecule has 7 heteroatoms. The van der Waals surface area contributed by atoms with Crippen molar-refractivity contribution in [1.82, 2.24) is 16.0 Å². The Morgan fingerprint density at radius 3 is 2.43 bits per heavy atom. The molecule has 2 aromatic carbocycles. The van der Waals surface area contributed by atoms with Gasteiger partial charge in [0.05, 0.1) is 12.6 Å². The van der Waals surface area contributed by atoms with Crippen molar-refractivity contribution in [2.75, 3.05) is 19.7 Å². The van der Waals surface area contributed by atoms with Gasteiger partial charge in [0.1, 0.15) is 5.82 Å². The number of hydrogen-bond donors (Lipinski definition) is 3. The molecule has 0 bridgehead atoms. The van der Waals surface area contributed by atoms with E-state index in [4.69, 9.17) is 4.74 Å². The van der Waals surface area contributed by atoms with Crippen LogP contribution in [0, 0.1) is 5.82 Å². The van der Waals surface area contributed by atoms with E-state index in [0.29, 0.717) is 19.6 Å². The summed E-state index contributed by atoms with van der Waals surface area (Å²) in [6.07, 6.45) is 0.683. The summed E-state index contributed by atoms with van der Waals surface area (Å²) in [4.78, 5) is 23.4. The molecule has 2 rings (SSSR count). The van der Waals surface area contributed by atoms with Gasteiger partial charge in [-0.2, -0.15) is 0 Å². The molecule has 0 fully saturated rings. The van der Waals surface area contributed by atoms with Gasteiger partial charge in [0.25, 0.3) is 0 Å². The molecule has 0 aliphatic rings. The van der Waals surface area contributed by atoms with Gasteiger partial charge >= 0.3 is 6.03 Å². The van der Waals surface area contributed by atoms with Crippen molar-refractivity contribution < 1.29 is 18.7 Å². The average Bonchev–Trinajstić information content (AvgIpc) is 2.72. The second-order valence-electron chi connectivity index (χ2n) is 6.29. The summed E-state index contributed by atoms with van der Waals surface area (Å²) >= 11 is 0. The highest BCUT2D eigenvalue weighted by Crippen LogP contribution is 2.15. The maximum Gasteiger partial charge on any atom is 0.315 e. The number of nitrogens with one attached hydrogen (secondary N) is 3. The van der Waals surface area contributed by atoms with Crippen molar-refractivity contribution in [3.63, 3.8) is 0 Å². The van der Waals surface area contributed by atoms with Gasteiger partial charge in [0, 0.05) is 19.7 Å². The molecule has 0 spiro atoms. The Kier molecular flexibility index (Phi) is 8.94. The Morgan fingerprint density at radius 2 is 1.71 bits per heavy atom. The highest BCUT2D eigenvalue weighted by Gasteiger charge is 2.06. The van der Waals surface area contributed by atoms with E-state index in [0.717, 1.165) is 11.1 Å². The van der Waals surface area contributed by atoms with Gasteiger partial charge in [0.2, 0.25) is 5.91 Å². The maximum atomic E-state index is 12.8. The van der Waals surface area contributed by atoms with Crippen LogP contribution in [0.25, 0.3) is 0 Å². The fraction of sp³-hybridized carbons (Fsp3) is 0.333. The highest BCUT2D eigenvalue weighted by molar-refractivity contribution is 5.83. The number of rotatable bonds is 10. The van der Waals surface area contributed by atoms with Gasteiger partial charge in [-0.1, -0.05) is 42.5 Å². The average molecular weight is 387 g/mol. The Balaban J connectivity index is 1.51. The molecular formula is C21H26FN3O3. The van der Waals surface area contributed by atoms with Crippen molar-refractivity contribution in [1.29, 1.82) is 0 Å². The van der Waals surface area contributed by atoms with Crippen LogP contribution >= 0.6 is 0 Å². The summed E-state index contributed by atoms with van der Waals surface area (Å²) in [7, 11) is 0. The van der Waals surface area contributed by atoms with E-state index in [1.54, 1.807) is 12.1 Å². The van der Waals surface area contributed by atoms with Crippen LogP contribution < -0.4 is 16.0 Å². The minimum Gasteiger partial charge on any atom is -0.374 e. The van der Waals surface area contributed by atoms with E-state index >= 15 is 0 Å². The summed E-state index contributed by atoms with van der Waals surface area (Å²) < 4.78 is 18.5. The molecule has 0 aromatic heterocycles. The van der Waals surface area contributed by atoms with E-state index in [1.165, 1.54) is 12.1 Å². The van der Waals surface area contributed by atoms with E-state index in [-0.39, 0.29) is 30.9 Å². The van der Waals surface area contributed by atoms with Crippen molar-refractivity contribution >= 4 is 11.9 Å². The summed E-state index contributed by atoms with van der Waals surface area (Å²) in [5, 5.41) is 7.81. The maximum absolute atomic E-state index is 12.8. The molecule has 6 nitrogen and oxygen atoms in total. The standard InChI is InChI=1S/C21H26FN3O3/c1-16(18-6-3-2-4-7-18)28-13-5-12-23-20(26)15-25-21(27)24-14-17-8-10-19(22)11-9-17/h2-4,6-11,16H,5,12-15H2,1H3,(H,23,26)(H2,24,25,27). The van der Waals surface area contributed by atoms with Crippen LogP contribution in [0.1, 0.15) is 30.6 Å². The molecular weight excluding hydrogens is 361 g/mol. The van der Waals surface area contributed by atoms with Crippen LogP contribution in [0.3, 0.4) is 0 Å². The fourth-order valence-corrected chi connectivity index (χ4v) is 2.45. The summed E-state index contributed by atoms with van der Waals surface area (Å²) in [5.41, 5.74) is 1.88. The molecule has 0 heterocycles. The number of benzene rings is 2. The number of ether oxygens (including phenoxy) is 1. The zero-order valence-corrected chi connectivity index (χ0v) is 15.9. The van der Waals surface area contributed by atoms with E-state index in [1.807, 2.05) is 37.3 Å². The van der Waals surface area contributed by atoms with Crippen LogP contribution in [0.4, 0.5) is 9.18 Å². The van der Waals surface area contributed by atoms with Crippen LogP contribution in [0.5, 0.6) is 0 Å². The summed E-state index contributed by atoms with van der Waals surface area (Å²) in [6, 6.07) is 15.3. The molecule has 28 heavy (non-hydrogen) atoms. The lowest BCUT2D eigenvalue weighted by Gasteiger charge is -2.13. The molecule has 3 N–H and O–H groups in total. The van der Waals surface area contributed by atoms with Crippen molar-refractivity contribution in [2.24, 2.45) is 0 Å². The normalized spacial score (nSPS) is 11.5. The molecule has 1 atom stereocenters. The first-order valence-corrected chi connectivity index (χ1v) is 9.24. The molecule has 2 aromatic rings. The number of halogens is 1. The smallest absolute Gasteiger partial charge is 0.315 e. The Labute approximate surface area is 164 Å². The molecule has 0 aliphatic carbocycles. The summed E-state index contributed by atoms with van der Waals surface area (Å²) in [5.74, 6) is -0.599. The lowest BCUT2D eigenvalue weighted by molar-refractivity contribution is -0.120. The lowest BCUT2D eigenvalue weighted by atomic mass is 10.1. The van der Waals surface area contributed by atoms with Gasteiger partial charge < -0.3 is 20.7 Å². The predicted octanol–water partition coefficient (Wildman–Crippen LogP) is 2.91. The monoisotopic (exact) mass is 387 g/mol. The Bertz CT molecular complexity index is 738. The zero-order chi connectivity index (χ0) is 20.2.